The predicted molar refractivity (Wildman–Crippen MR) is 247 cm³/mol. The second kappa shape index (κ2) is 45.5. The zero-order valence-electron chi connectivity index (χ0n) is 36.7. The molecule has 8 nitrogen and oxygen atoms in total. The van der Waals surface area contributed by atoms with Gasteiger partial charge in [0.15, 0.2) is 0 Å². The summed E-state index contributed by atoms with van der Waals surface area (Å²) in [5.41, 5.74) is 5.37. The zero-order valence-corrected chi connectivity index (χ0v) is 37.6. The number of unbranched alkanes of at least 4 members (excludes halogenated alkanes) is 13. The number of esters is 1. The summed E-state index contributed by atoms with van der Waals surface area (Å²) in [7, 11) is -4.30. The minimum atomic E-state index is -4.30. The number of nitrogens with two attached hydrogens (primary N) is 1. The van der Waals surface area contributed by atoms with Gasteiger partial charge in [-0.2, -0.15) is 0 Å². The fourth-order valence-electron chi connectivity index (χ4n) is 5.69. The van der Waals surface area contributed by atoms with Gasteiger partial charge in [0.25, 0.3) is 0 Å². The topological polar surface area (TPSA) is 117 Å². The minimum absolute atomic E-state index is 0.0687. The van der Waals surface area contributed by atoms with Gasteiger partial charge < -0.3 is 20.1 Å². The van der Waals surface area contributed by atoms with Crippen LogP contribution < -0.4 is 5.73 Å². The number of hydrogen-bond donors (Lipinski definition) is 2. The lowest BCUT2D eigenvalue weighted by molar-refractivity contribution is -0.154. The molecule has 0 rings (SSSR count). The highest BCUT2D eigenvalue weighted by Gasteiger charge is 2.25. The van der Waals surface area contributed by atoms with Crippen molar-refractivity contribution in [1.82, 2.24) is 0 Å². The van der Waals surface area contributed by atoms with Crippen LogP contribution in [0, 0.1) is 0 Å². The van der Waals surface area contributed by atoms with Crippen molar-refractivity contribution < 1.29 is 32.8 Å². The molecule has 0 aromatic heterocycles. The van der Waals surface area contributed by atoms with Crippen molar-refractivity contribution in [3.63, 3.8) is 0 Å². The molecule has 0 amide bonds. The molecule has 0 aromatic carbocycles. The summed E-state index contributed by atoms with van der Waals surface area (Å²) in [5, 5.41) is 0. The van der Waals surface area contributed by atoms with Gasteiger partial charge in [0, 0.05) is 19.6 Å². The van der Waals surface area contributed by atoms with Crippen molar-refractivity contribution in [3.8, 4) is 0 Å². The number of ether oxygens (including phenoxy) is 2. The third-order valence-corrected chi connectivity index (χ3v) is 9.97. The number of carbonyl (C=O) groups is 1. The Bertz CT molecular complexity index is 1200. The van der Waals surface area contributed by atoms with Gasteiger partial charge in [0.05, 0.1) is 19.8 Å². The fourth-order valence-corrected chi connectivity index (χ4v) is 6.45. The van der Waals surface area contributed by atoms with Crippen LogP contribution >= 0.6 is 7.82 Å². The van der Waals surface area contributed by atoms with Crippen LogP contribution in [-0.2, 0) is 27.9 Å². The first-order chi connectivity index (χ1) is 28.4. The molecule has 58 heavy (non-hydrogen) atoms. The van der Waals surface area contributed by atoms with E-state index in [0.29, 0.717) is 13.0 Å². The normalized spacial score (nSPS) is 14.3. The van der Waals surface area contributed by atoms with Crippen LogP contribution in [0.1, 0.15) is 168 Å². The Morgan fingerprint density at radius 3 is 1.45 bits per heavy atom. The molecule has 0 bridgehead atoms. The van der Waals surface area contributed by atoms with E-state index in [1.807, 2.05) is 0 Å². The molecule has 332 valence electrons. The van der Waals surface area contributed by atoms with Gasteiger partial charge in [0.1, 0.15) is 6.10 Å². The van der Waals surface area contributed by atoms with E-state index in [9.17, 15) is 14.3 Å². The van der Waals surface area contributed by atoms with Crippen molar-refractivity contribution in [2.75, 3.05) is 33.0 Å². The van der Waals surface area contributed by atoms with Gasteiger partial charge in [-0.1, -0.05) is 169 Å². The van der Waals surface area contributed by atoms with Crippen LogP contribution in [0.3, 0.4) is 0 Å². The first-order valence-corrected chi connectivity index (χ1v) is 24.2. The molecule has 0 aliphatic carbocycles. The molecular weight excluding hydrogens is 746 g/mol. The van der Waals surface area contributed by atoms with Crippen LogP contribution in [0.4, 0.5) is 0 Å². The average Bonchev–Trinajstić information content (AvgIpc) is 3.21. The van der Waals surface area contributed by atoms with Gasteiger partial charge in [-0.3, -0.25) is 13.8 Å². The summed E-state index contributed by atoms with van der Waals surface area (Å²) in [4.78, 5) is 22.5. The number of phosphoric ester groups is 1. The molecule has 0 aliphatic heterocycles. The van der Waals surface area contributed by atoms with Gasteiger partial charge in [-0.05, 0) is 89.9 Å². The molecule has 2 unspecified atom stereocenters. The summed E-state index contributed by atoms with van der Waals surface area (Å²) in [5.74, 6) is -0.358. The van der Waals surface area contributed by atoms with Gasteiger partial charge in [0.2, 0.25) is 0 Å². The Kier molecular flexibility index (Phi) is 43.5. The highest BCUT2D eigenvalue weighted by atomic mass is 31.2. The third kappa shape index (κ3) is 44.5. The lowest BCUT2D eigenvalue weighted by Crippen LogP contribution is -2.28. The third-order valence-electron chi connectivity index (χ3n) is 8.99. The van der Waals surface area contributed by atoms with E-state index in [4.69, 9.17) is 24.3 Å². The quantitative estimate of drug-likeness (QED) is 0.0270. The fraction of sp³-hybridized carbons (Fsp3) is 0.653. The number of carbonyl (C=O) groups excluding carboxylic acids is 1. The lowest BCUT2D eigenvalue weighted by Gasteiger charge is -2.20. The van der Waals surface area contributed by atoms with E-state index in [2.05, 4.69) is 111 Å². The Morgan fingerprint density at radius 2 is 0.966 bits per heavy atom. The summed E-state index contributed by atoms with van der Waals surface area (Å²) < 4.78 is 33.4. The van der Waals surface area contributed by atoms with Crippen molar-refractivity contribution in [2.45, 2.75) is 174 Å². The van der Waals surface area contributed by atoms with Crippen LogP contribution in [0.25, 0.3) is 0 Å². The molecule has 0 saturated heterocycles. The van der Waals surface area contributed by atoms with Crippen LogP contribution in [0.5, 0.6) is 0 Å². The minimum Gasteiger partial charge on any atom is -0.457 e. The maximum absolute atomic E-state index is 12.6. The molecule has 9 heteroatoms. The Hall–Kier alpha value is -2.58. The maximum Gasteiger partial charge on any atom is 0.472 e. The van der Waals surface area contributed by atoms with Gasteiger partial charge in [-0.15, -0.1) is 0 Å². The first-order valence-electron chi connectivity index (χ1n) is 22.7. The molecule has 0 aromatic rings. The van der Waals surface area contributed by atoms with Crippen molar-refractivity contribution in [2.24, 2.45) is 5.73 Å². The van der Waals surface area contributed by atoms with Crippen LogP contribution in [0.15, 0.2) is 97.2 Å². The number of phosphoric acid groups is 1. The van der Waals surface area contributed by atoms with E-state index < -0.39 is 13.9 Å². The monoisotopic (exact) mass is 830 g/mol. The summed E-state index contributed by atoms with van der Waals surface area (Å²) >= 11 is 0. The largest absolute Gasteiger partial charge is 0.472 e. The van der Waals surface area contributed by atoms with E-state index in [1.54, 1.807) is 0 Å². The number of rotatable bonds is 42. The Labute approximate surface area is 355 Å². The molecule has 0 heterocycles. The molecule has 0 aliphatic rings. The van der Waals surface area contributed by atoms with Crippen molar-refractivity contribution in [1.29, 1.82) is 0 Å². The standard InChI is InChI=1S/C49H84NO7P/c1-3-5-7-9-11-13-15-17-19-21-23-25-27-29-31-33-35-37-39-41-44-54-46-48(47-56-58(52,53)55-45-43-50)57-49(51)42-40-38-36-34-32-30-28-26-24-22-20-18-16-14-12-10-8-6-4-2/h5,7,11-14,17-20,23,25,29,31,35,37,48H,3-4,6,8-10,15-16,21-22,24,26-28,30,32-34,36,38-47,50H2,1-2H3,(H,52,53)/b7-5-,13-11-,14-12-,19-17-,20-18-,25-23-,31-29-,37-35-. The highest BCUT2D eigenvalue weighted by Crippen LogP contribution is 2.43. The summed E-state index contributed by atoms with van der Waals surface area (Å²) in [6.07, 6.45) is 60.1. The van der Waals surface area contributed by atoms with Crippen molar-refractivity contribution >= 4 is 13.8 Å². The molecule has 0 spiro atoms. The van der Waals surface area contributed by atoms with Crippen LogP contribution in [0.2, 0.25) is 0 Å². The SMILES string of the molecule is CC/C=C\C/C=C\C/C=C\C/C=C\C/C=C\C/C=C\CCCOCC(COP(=O)(O)OCCN)OC(=O)CCCCCCCCCCC/C=C\C/C=C\CCCCC. The first kappa shape index (κ1) is 55.4. The lowest BCUT2D eigenvalue weighted by atomic mass is 10.1. The number of hydrogen-bond acceptors (Lipinski definition) is 7. The zero-order chi connectivity index (χ0) is 42.3. The highest BCUT2D eigenvalue weighted by molar-refractivity contribution is 7.47. The number of allylic oxidation sites excluding steroid dienone is 16. The van der Waals surface area contributed by atoms with E-state index in [1.165, 1.54) is 70.6 Å². The predicted octanol–water partition coefficient (Wildman–Crippen LogP) is 13.9. The smallest absolute Gasteiger partial charge is 0.457 e. The van der Waals surface area contributed by atoms with E-state index >= 15 is 0 Å². The molecule has 2 atom stereocenters. The van der Waals surface area contributed by atoms with Gasteiger partial charge in [-0.25, -0.2) is 4.57 Å². The van der Waals surface area contributed by atoms with E-state index in [0.717, 1.165) is 77.0 Å². The second-order valence-electron chi connectivity index (χ2n) is 14.5. The molecule has 0 radical (unpaired) electrons. The molecule has 0 saturated carbocycles. The average molecular weight is 830 g/mol. The Balaban J connectivity index is 4.15. The van der Waals surface area contributed by atoms with Crippen LogP contribution in [-0.4, -0.2) is 49.9 Å². The second-order valence-corrected chi connectivity index (χ2v) is 16.0. The molecule has 3 N–H and O–H groups in total. The van der Waals surface area contributed by atoms with Gasteiger partial charge >= 0.3 is 13.8 Å². The summed E-state index contributed by atoms with van der Waals surface area (Å²) in [6.45, 7) is 4.60. The molecule has 0 fully saturated rings. The maximum atomic E-state index is 12.6. The summed E-state index contributed by atoms with van der Waals surface area (Å²) in [6, 6.07) is 0. The van der Waals surface area contributed by atoms with Crippen molar-refractivity contribution in [3.05, 3.63) is 97.2 Å². The molecular formula is C49H84NO7P. The van der Waals surface area contributed by atoms with E-state index in [-0.39, 0.29) is 32.3 Å². The Morgan fingerprint density at radius 1 is 0.534 bits per heavy atom.